The second-order valence-corrected chi connectivity index (χ2v) is 7.63. The zero-order chi connectivity index (χ0) is 21.7. The summed E-state index contributed by atoms with van der Waals surface area (Å²) in [6.45, 7) is 8.21. The van der Waals surface area contributed by atoms with Gasteiger partial charge in [0.2, 0.25) is 0 Å². The number of hydrogen-bond donors (Lipinski definition) is 1. The van der Waals surface area contributed by atoms with Crippen LogP contribution in [0, 0.1) is 13.8 Å². The molecule has 0 fully saturated rings. The molecule has 0 aliphatic heterocycles. The number of hydrogen-bond acceptors (Lipinski definition) is 7. The van der Waals surface area contributed by atoms with E-state index in [0.29, 0.717) is 29.8 Å². The average molecular weight is 429 g/mol. The summed E-state index contributed by atoms with van der Waals surface area (Å²) < 4.78 is 17.1. The predicted octanol–water partition coefficient (Wildman–Crippen LogP) is 4.51. The number of thiazole rings is 1. The van der Waals surface area contributed by atoms with Crippen LogP contribution in [0.2, 0.25) is 0 Å². The van der Waals surface area contributed by atoms with Gasteiger partial charge in [0, 0.05) is 0 Å². The van der Waals surface area contributed by atoms with Gasteiger partial charge in [-0.2, -0.15) is 0 Å². The Morgan fingerprint density at radius 1 is 1.03 bits per heavy atom. The van der Waals surface area contributed by atoms with Gasteiger partial charge in [0.05, 0.1) is 29.0 Å². The molecule has 1 N–H and O–H groups in total. The Bertz CT molecular complexity index is 1080. The maximum atomic E-state index is 12.3. The lowest BCUT2D eigenvalue weighted by molar-refractivity contribution is -0.119. The molecule has 2 aromatic carbocycles. The van der Waals surface area contributed by atoms with Gasteiger partial charge in [0.25, 0.3) is 5.91 Å². The highest BCUT2D eigenvalue weighted by atomic mass is 32.1. The standard InChI is InChI=1S/C22H24N2O5S/c1-5-27-16-8-7-15(11-17(16)28-6-2)21(26)29-12-19(25)23-22-24-20-14(4)9-13(3)10-18(20)30-22/h7-11H,5-6,12H2,1-4H3,(H,23,24,25). The van der Waals surface area contributed by atoms with E-state index >= 15 is 0 Å². The summed E-state index contributed by atoms with van der Waals surface area (Å²) in [4.78, 5) is 29.0. The molecule has 0 saturated heterocycles. The number of nitrogens with one attached hydrogen (secondary N) is 1. The Hall–Kier alpha value is -3.13. The second-order valence-electron chi connectivity index (χ2n) is 6.60. The van der Waals surface area contributed by atoms with Crippen LogP contribution >= 0.6 is 11.3 Å². The van der Waals surface area contributed by atoms with Crippen LogP contribution in [-0.4, -0.2) is 36.7 Å². The van der Waals surface area contributed by atoms with Gasteiger partial charge in [-0.25, -0.2) is 9.78 Å². The molecule has 0 aliphatic carbocycles. The molecule has 0 bridgehead atoms. The van der Waals surface area contributed by atoms with Crippen molar-refractivity contribution >= 4 is 38.6 Å². The Morgan fingerprint density at radius 3 is 2.50 bits per heavy atom. The van der Waals surface area contributed by atoms with Gasteiger partial charge in [-0.1, -0.05) is 17.4 Å². The Kier molecular flexibility index (Phi) is 6.89. The first-order chi connectivity index (χ1) is 14.4. The summed E-state index contributed by atoms with van der Waals surface area (Å²) in [6.07, 6.45) is 0. The van der Waals surface area contributed by atoms with E-state index in [1.807, 2.05) is 39.8 Å². The number of carbonyl (C=O) groups excluding carboxylic acids is 2. The summed E-state index contributed by atoms with van der Waals surface area (Å²) in [5, 5.41) is 3.16. The Morgan fingerprint density at radius 2 is 1.77 bits per heavy atom. The van der Waals surface area contributed by atoms with E-state index in [-0.39, 0.29) is 5.56 Å². The van der Waals surface area contributed by atoms with Crippen molar-refractivity contribution in [1.29, 1.82) is 0 Å². The van der Waals surface area contributed by atoms with Crippen LogP contribution in [-0.2, 0) is 9.53 Å². The Labute approximate surface area is 179 Å². The van der Waals surface area contributed by atoms with Crippen molar-refractivity contribution in [2.75, 3.05) is 25.1 Å². The molecular weight excluding hydrogens is 404 g/mol. The topological polar surface area (TPSA) is 86.8 Å². The van der Waals surface area contributed by atoms with E-state index in [1.54, 1.807) is 18.2 Å². The number of esters is 1. The molecule has 0 saturated carbocycles. The maximum Gasteiger partial charge on any atom is 0.338 e. The van der Waals surface area contributed by atoms with Gasteiger partial charge >= 0.3 is 5.97 Å². The summed E-state index contributed by atoms with van der Waals surface area (Å²) >= 11 is 1.38. The third-order valence-electron chi connectivity index (χ3n) is 4.19. The zero-order valence-electron chi connectivity index (χ0n) is 17.4. The molecule has 1 aromatic heterocycles. The van der Waals surface area contributed by atoms with Gasteiger partial charge in [-0.05, 0) is 63.1 Å². The van der Waals surface area contributed by atoms with Crippen LogP contribution < -0.4 is 14.8 Å². The minimum atomic E-state index is -0.620. The van der Waals surface area contributed by atoms with Gasteiger partial charge in [0.1, 0.15) is 0 Å². The van der Waals surface area contributed by atoms with E-state index in [4.69, 9.17) is 14.2 Å². The molecule has 3 rings (SSSR count). The van der Waals surface area contributed by atoms with Crippen LogP contribution in [0.3, 0.4) is 0 Å². The lowest BCUT2D eigenvalue weighted by Crippen LogP contribution is -2.20. The molecule has 7 nitrogen and oxygen atoms in total. The number of ether oxygens (including phenoxy) is 3. The smallest absolute Gasteiger partial charge is 0.338 e. The number of carbonyl (C=O) groups is 2. The molecule has 1 heterocycles. The molecule has 158 valence electrons. The van der Waals surface area contributed by atoms with Crippen molar-refractivity contribution in [3.05, 3.63) is 47.0 Å². The monoisotopic (exact) mass is 428 g/mol. The van der Waals surface area contributed by atoms with Crippen molar-refractivity contribution in [3.8, 4) is 11.5 Å². The SMILES string of the molecule is CCOc1ccc(C(=O)OCC(=O)Nc2nc3c(C)cc(C)cc3s2)cc1OCC. The molecule has 0 radical (unpaired) electrons. The van der Waals surface area contributed by atoms with E-state index < -0.39 is 18.5 Å². The van der Waals surface area contributed by atoms with Crippen LogP contribution in [0.15, 0.2) is 30.3 Å². The van der Waals surface area contributed by atoms with Gasteiger partial charge in [-0.3, -0.25) is 10.1 Å². The third kappa shape index (κ3) is 5.07. The largest absolute Gasteiger partial charge is 0.490 e. The molecule has 0 spiro atoms. The summed E-state index contributed by atoms with van der Waals surface area (Å²) in [5.74, 6) is -0.0638. The molecule has 8 heteroatoms. The lowest BCUT2D eigenvalue weighted by Gasteiger charge is -2.12. The van der Waals surface area contributed by atoms with Gasteiger partial charge in [-0.15, -0.1) is 0 Å². The van der Waals surface area contributed by atoms with Crippen LogP contribution in [0.5, 0.6) is 11.5 Å². The third-order valence-corrected chi connectivity index (χ3v) is 5.11. The van der Waals surface area contributed by atoms with E-state index in [9.17, 15) is 9.59 Å². The van der Waals surface area contributed by atoms with E-state index in [2.05, 4.69) is 10.3 Å². The number of anilines is 1. The maximum absolute atomic E-state index is 12.3. The highest BCUT2D eigenvalue weighted by Gasteiger charge is 2.15. The number of aromatic nitrogens is 1. The summed E-state index contributed by atoms with van der Waals surface area (Å²) in [7, 11) is 0. The van der Waals surface area contributed by atoms with Gasteiger partial charge < -0.3 is 14.2 Å². The molecule has 0 atom stereocenters. The van der Waals surface area contributed by atoms with Crippen molar-refractivity contribution < 1.29 is 23.8 Å². The number of rotatable bonds is 8. The molecule has 3 aromatic rings. The average Bonchev–Trinajstić information content (AvgIpc) is 3.10. The minimum Gasteiger partial charge on any atom is -0.490 e. The number of amides is 1. The molecular formula is C22H24N2O5S. The zero-order valence-corrected chi connectivity index (χ0v) is 18.2. The Balaban J connectivity index is 1.62. The highest BCUT2D eigenvalue weighted by Crippen LogP contribution is 2.30. The van der Waals surface area contributed by atoms with Crippen LogP contribution in [0.25, 0.3) is 10.2 Å². The second kappa shape index (κ2) is 9.58. The minimum absolute atomic E-state index is 0.279. The fourth-order valence-electron chi connectivity index (χ4n) is 2.97. The predicted molar refractivity (Wildman–Crippen MR) is 117 cm³/mol. The number of aryl methyl sites for hydroxylation is 2. The van der Waals surface area contributed by atoms with Gasteiger partial charge in [0.15, 0.2) is 23.2 Å². The van der Waals surface area contributed by atoms with E-state index in [0.717, 1.165) is 21.3 Å². The first kappa shape index (κ1) is 21.6. The quantitative estimate of drug-likeness (QED) is 0.532. The first-order valence-electron chi connectivity index (χ1n) is 9.65. The summed E-state index contributed by atoms with van der Waals surface area (Å²) in [5.41, 5.74) is 3.32. The molecule has 30 heavy (non-hydrogen) atoms. The van der Waals surface area contributed by atoms with Crippen molar-refractivity contribution in [1.82, 2.24) is 4.98 Å². The molecule has 1 amide bonds. The van der Waals surface area contributed by atoms with Crippen LogP contribution in [0.1, 0.15) is 35.3 Å². The fourth-order valence-corrected chi connectivity index (χ4v) is 4.03. The highest BCUT2D eigenvalue weighted by molar-refractivity contribution is 7.22. The summed E-state index contributed by atoms with van der Waals surface area (Å²) in [6, 6.07) is 8.84. The van der Waals surface area contributed by atoms with Crippen molar-refractivity contribution in [2.24, 2.45) is 0 Å². The van der Waals surface area contributed by atoms with Crippen LogP contribution in [0.4, 0.5) is 5.13 Å². The normalized spacial score (nSPS) is 10.7. The molecule has 0 aliphatic rings. The number of benzene rings is 2. The fraction of sp³-hybridized carbons (Fsp3) is 0.318. The lowest BCUT2D eigenvalue weighted by atomic mass is 10.1. The molecule has 0 unspecified atom stereocenters. The van der Waals surface area contributed by atoms with Crippen molar-refractivity contribution in [2.45, 2.75) is 27.7 Å². The first-order valence-corrected chi connectivity index (χ1v) is 10.5. The van der Waals surface area contributed by atoms with E-state index in [1.165, 1.54) is 11.3 Å². The van der Waals surface area contributed by atoms with Crippen molar-refractivity contribution in [3.63, 3.8) is 0 Å². The number of nitrogens with zero attached hydrogens (tertiary/aromatic N) is 1. The number of fused-ring (bicyclic) bond motifs is 1.